The van der Waals surface area contributed by atoms with Crippen LogP contribution in [0.3, 0.4) is 0 Å². The molecule has 0 bridgehead atoms. The summed E-state index contributed by atoms with van der Waals surface area (Å²) in [5, 5.41) is 6.13. The molecule has 2 rings (SSSR count). The Labute approximate surface area is 127 Å². The van der Waals surface area contributed by atoms with E-state index in [0.29, 0.717) is 0 Å². The number of aromatic nitrogens is 1. The van der Waals surface area contributed by atoms with Crippen molar-refractivity contribution in [1.82, 2.24) is 4.98 Å². The Morgan fingerprint density at radius 1 is 1.35 bits per heavy atom. The monoisotopic (exact) mass is 306 g/mol. The van der Waals surface area contributed by atoms with Gasteiger partial charge < -0.3 is 5.32 Å². The molecule has 0 atom stereocenters. The van der Waals surface area contributed by atoms with Crippen LogP contribution in [-0.4, -0.2) is 10.9 Å². The minimum Gasteiger partial charge on any atom is -0.326 e. The van der Waals surface area contributed by atoms with E-state index in [1.807, 2.05) is 24.3 Å². The van der Waals surface area contributed by atoms with Gasteiger partial charge in [-0.05, 0) is 37.1 Å². The van der Waals surface area contributed by atoms with Gasteiger partial charge in [0.15, 0.2) is 0 Å². The average Bonchev–Trinajstić information content (AvgIpc) is 2.86. The number of hydrogen-bond donors (Lipinski definition) is 1. The lowest BCUT2D eigenvalue weighted by Gasteiger charge is -2.03. The molecule has 0 fully saturated rings. The van der Waals surface area contributed by atoms with Crippen LogP contribution in [0.4, 0.5) is 5.69 Å². The highest BCUT2D eigenvalue weighted by atomic mass is 32.2. The van der Waals surface area contributed by atoms with E-state index in [2.05, 4.69) is 22.6 Å². The van der Waals surface area contributed by atoms with Gasteiger partial charge >= 0.3 is 0 Å². The van der Waals surface area contributed by atoms with Crippen LogP contribution in [0.5, 0.6) is 0 Å². The molecule has 0 unspecified atom stereocenters. The molecule has 0 aliphatic rings. The molecule has 2 aromatic rings. The molecule has 1 aromatic carbocycles. The van der Waals surface area contributed by atoms with Gasteiger partial charge in [-0.25, -0.2) is 4.98 Å². The SMILES string of the molecule is CCCc1nc(CSc2ccc(NC(C)=O)cc2)cs1. The number of benzene rings is 1. The maximum atomic E-state index is 10.9. The minimum atomic E-state index is -0.0451. The predicted octanol–water partition coefficient (Wildman–Crippen LogP) is 4.35. The van der Waals surface area contributed by atoms with Gasteiger partial charge in [0.25, 0.3) is 0 Å². The second kappa shape index (κ2) is 7.45. The molecule has 20 heavy (non-hydrogen) atoms. The van der Waals surface area contributed by atoms with Crippen LogP contribution in [0.25, 0.3) is 0 Å². The van der Waals surface area contributed by atoms with Crippen molar-refractivity contribution >= 4 is 34.7 Å². The van der Waals surface area contributed by atoms with E-state index < -0.39 is 0 Å². The van der Waals surface area contributed by atoms with Gasteiger partial charge in [-0.1, -0.05) is 6.92 Å². The predicted molar refractivity (Wildman–Crippen MR) is 86.4 cm³/mol. The fourth-order valence-corrected chi connectivity index (χ4v) is 3.54. The van der Waals surface area contributed by atoms with Gasteiger partial charge in [-0.2, -0.15) is 0 Å². The third-order valence-corrected chi connectivity index (χ3v) is 4.63. The second-order valence-electron chi connectivity index (χ2n) is 4.48. The van der Waals surface area contributed by atoms with E-state index in [-0.39, 0.29) is 5.91 Å². The van der Waals surface area contributed by atoms with Crippen molar-refractivity contribution in [3.05, 3.63) is 40.3 Å². The average molecular weight is 306 g/mol. The van der Waals surface area contributed by atoms with E-state index in [1.165, 1.54) is 16.8 Å². The molecule has 0 spiro atoms. The molecular formula is C15H18N2OS2. The largest absolute Gasteiger partial charge is 0.326 e. The number of thioether (sulfide) groups is 1. The molecule has 106 valence electrons. The van der Waals surface area contributed by atoms with Crippen LogP contribution in [0, 0.1) is 0 Å². The zero-order chi connectivity index (χ0) is 14.4. The van der Waals surface area contributed by atoms with Crippen molar-refractivity contribution in [2.45, 2.75) is 37.3 Å². The van der Waals surface area contributed by atoms with E-state index in [4.69, 9.17) is 0 Å². The maximum absolute atomic E-state index is 10.9. The van der Waals surface area contributed by atoms with Crippen molar-refractivity contribution in [1.29, 1.82) is 0 Å². The Morgan fingerprint density at radius 3 is 2.75 bits per heavy atom. The van der Waals surface area contributed by atoms with Gasteiger partial charge in [0.2, 0.25) is 5.91 Å². The Morgan fingerprint density at radius 2 is 2.10 bits per heavy atom. The quantitative estimate of drug-likeness (QED) is 0.807. The fourth-order valence-electron chi connectivity index (χ4n) is 1.74. The number of amides is 1. The van der Waals surface area contributed by atoms with Crippen LogP contribution in [-0.2, 0) is 17.0 Å². The Balaban J connectivity index is 1.88. The Hall–Kier alpha value is -1.33. The zero-order valence-corrected chi connectivity index (χ0v) is 13.3. The summed E-state index contributed by atoms with van der Waals surface area (Å²) in [7, 11) is 0. The first-order valence-electron chi connectivity index (χ1n) is 6.61. The number of thiazole rings is 1. The van der Waals surface area contributed by atoms with E-state index in [0.717, 1.165) is 30.0 Å². The smallest absolute Gasteiger partial charge is 0.221 e. The summed E-state index contributed by atoms with van der Waals surface area (Å²) in [5.74, 6) is 0.844. The summed E-state index contributed by atoms with van der Waals surface area (Å²) < 4.78 is 0. The van der Waals surface area contributed by atoms with Crippen LogP contribution in [0.2, 0.25) is 0 Å². The number of carbonyl (C=O) groups excluding carboxylic acids is 1. The van der Waals surface area contributed by atoms with Crippen molar-refractivity contribution < 1.29 is 4.79 Å². The third-order valence-electron chi connectivity index (χ3n) is 2.62. The van der Waals surface area contributed by atoms with Gasteiger partial charge in [0, 0.05) is 28.6 Å². The Kier molecular flexibility index (Phi) is 5.61. The van der Waals surface area contributed by atoms with Gasteiger partial charge in [0.1, 0.15) is 0 Å². The third kappa shape index (κ3) is 4.65. The van der Waals surface area contributed by atoms with Crippen molar-refractivity contribution in [2.24, 2.45) is 0 Å². The van der Waals surface area contributed by atoms with Crippen molar-refractivity contribution in [3.8, 4) is 0 Å². The fraction of sp³-hybridized carbons (Fsp3) is 0.333. The first-order chi connectivity index (χ1) is 9.67. The molecule has 0 saturated carbocycles. The molecule has 1 N–H and O–H groups in total. The number of anilines is 1. The van der Waals surface area contributed by atoms with Crippen molar-refractivity contribution in [3.63, 3.8) is 0 Å². The van der Waals surface area contributed by atoms with Crippen LogP contribution in [0.1, 0.15) is 31.0 Å². The minimum absolute atomic E-state index is 0.0451. The maximum Gasteiger partial charge on any atom is 0.221 e. The molecule has 1 heterocycles. The second-order valence-corrected chi connectivity index (χ2v) is 6.47. The molecule has 1 aromatic heterocycles. The van der Waals surface area contributed by atoms with E-state index in [9.17, 15) is 4.79 Å². The molecule has 1 amide bonds. The normalized spacial score (nSPS) is 10.5. The van der Waals surface area contributed by atoms with E-state index in [1.54, 1.807) is 23.1 Å². The van der Waals surface area contributed by atoms with Gasteiger partial charge in [-0.15, -0.1) is 23.1 Å². The van der Waals surface area contributed by atoms with Gasteiger partial charge in [-0.3, -0.25) is 4.79 Å². The van der Waals surface area contributed by atoms with Crippen LogP contribution >= 0.6 is 23.1 Å². The van der Waals surface area contributed by atoms with Crippen LogP contribution < -0.4 is 5.32 Å². The molecule has 3 nitrogen and oxygen atoms in total. The molecule has 0 saturated heterocycles. The van der Waals surface area contributed by atoms with Crippen LogP contribution in [0.15, 0.2) is 34.5 Å². The summed E-state index contributed by atoms with van der Waals surface area (Å²) in [4.78, 5) is 16.7. The lowest BCUT2D eigenvalue weighted by molar-refractivity contribution is -0.114. The molecule has 5 heteroatoms. The summed E-state index contributed by atoms with van der Waals surface area (Å²) in [6.45, 7) is 3.69. The highest BCUT2D eigenvalue weighted by Gasteiger charge is 2.03. The van der Waals surface area contributed by atoms with Crippen molar-refractivity contribution in [2.75, 3.05) is 5.32 Å². The number of hydrogen-bond acceptors (Lipinski definition) is 4. The highest BCUT2D eigenvalue weighted by Crippen LogP contribution is 2.25. The topological polar surface area (TPSA) is 42.0 Å². The van der Waals surface area contributed by atoms with Gasteiger partial charge in [0.05, 0.1) is 10.7 Å². The lowest BCUT2D eigenvalue weighted by atomic mass is 10.3. The summed E-state index contributed by atoms with van der Waals surface area (Å²) >= 11 is 3.51. The Bertz CT molecular complexity index is 564. The molecule has 0 aliphatic carbocycles. The molecule has 0 aliphatic heterocycles. The highest BCUT2D eigenvalue weighted by molar-refractivity contribution is 7.98. The first-order valence-corrected chi connectivity index (χ1v) is 8.47. The standard InChI is InChI=1S/C15H18N2OS2/c1-3-4-15-17-13(10-20-15)9-19-14-7-5-12(6-8-14)16-11(2)18/h5-8,10H,3-4,9H2,1-2H3,(H,16,18). The molecular weight excluding hydrogens is 288 g/mol. The number of nitrogens with zero attached hydrogens (tertiary/aromatic N) is 1. The lowest BCUT2D eigenvalue weighted by Crippen LogP contribution is -2.05. The van der Waals surface area contributed by atoms with E-state index >= 15 is 0 Å². The number of aryl methyl sites for hydroxylation is 1. The first kappa shape index (κ1) is 15.1. The molecule has 0 radical (unpaired) electrons. The number of nitrogens with one attached hydrogen (secondary N) is 1. The summed E-state index contributed by atoms with van der Waals surface area (Å²) in [6, 6.07) is 7.89. The zero-order valence-electron chi connectivity index (χ0n) is 11.7. The summed E-state index contributed by atoms with van der Waals surface area (Å²) in [5.41, 5.74) is 1.98. The number of carbonyl (C=O) groups is 1. The number of rotatable bonds is 6. The summed E-state index contributed by atoms with van der Waals surface area (Å²) in [6.07, 6.45) is 2.21.